The summed E-state index contributed by atoms with van der Waals surface area (Å²) >= 11 is 1.48. The second-order valence-corrected chi connectivity index (χ2v) is 8.86. The summed E-state index contributed by atoms with van der Waals surface area (Å²) in [5.41, 5.74) is 10.8. The summed E-state index contributed by atoms with van der Waals surface area (Å²) in [5.74, 6) is -3.31. The van der Waals surface area contributed by atoms with Crippen LogP contribution in [0.4, 0.5) is 0 Å². The van der Waals surface area contributed by atoms with Crippen LogP contribution in [0.15, 0.2) is 0 Å². The first-order valence-electron chi connectivity index (χ1n) is 10.2. The highest BCUT2D eigenvalue weighted by Gasteiger charge is 2.38. The van der Waals surface area contributed by atoms with Crippen molar-refractivity contribution >= 4 is 41.4 Å². The number of primary amides is 1. The maximum Gasteiger partial charge on any atom is 0.326 e. The molecule has 1 aliphatic rings. The van der Waals surface area contributed by atoms with Crippen molar-refractivity contribution in [2.75, 3.05) is 18.6 Å². The number of carbonyl (C=O) groups excluding carboxylic acids is 4. The van der Waals surface area contributed by atoms with Gasteiger partial charge in [-0.3, -0.25) is 19.2 Å². The molecule has 0 aromatic carbocycles. The van der Waals surface area contributed by atoms with Gasteiger partial charge in [0.25, 0.3) is 0 Å². The smallest absolute Gasteiger partial charge is 0.326 e. The van der Waals surface area contributed by atoms with Crippen LogP contribution in [0.3, 0.4) is 0 Å². The number of rotatable bonds is 12. The lowest BCUT2D eigenvalue weighted by Crippen LogP contribution is -2.57. The van der Waals surface area contributed by atoms with Gasteiger partial charge in [0.1, 0.15) is 18.1 Å². The second-order valence-electron chi connectivity index (χ2n) is 7.88. The Hall–Kier alpha value is -2.34. The van der Waals surface area contributed by atoms with E-state index in [4.69, 9.17) is 11.5 Å². The lowest BCUT2D eigenvalue weighted by Gasteiger charge is -2.28. The summed E-state index contributed by atoms with van der Waals surface area (Å²) < 4.78 is 0. The number of likely N-dealkylation sites (tertiary alicyclic amines) is 1. The predicted octanol–water partition coefficient (Wildman–Crippen LogP) is -1.36. The third-order valence-electron chi connectivity index (χ3n) is 5.05. The van der Waals surface area contributed by atoms with Crippen LogP contribution in [-0.2, 0) is 24.0 Å². The summed E-state index contributed by atoms with van der Waals surface area (Å²) in [6.45, 7) is 3.65. The summed E-state index contributed by atoms with van der Waals surface area (Å²) in [4.78, 5) is 61.9. The molecule has 0 aliphatic carbocycles. The van der Waals surface area contributed by atoms with Crippen molar-refractivity contribution in [3.05, 3.63) is 0 Å². The van der Waals surface area contributed by atoms with Crippen LogP contribution in [-0.4, -0.2) is 82.3 Å². The second kappa shape index (κ2) is 12.5. The van der Waals surface area contributed by atoms with Gasteiger partial charge in [-0.1, -0.05) is 13.8 Å². The van der Waals surface area contributed by atoms with Gasteiger partial charge in [0.05, 0.1) is 12.5 Å². The third kappa shape index (κ3) is 8.02. The van der Waals surface area contributed by atoms with Crippen molar-refractivity contribution in [3.63, 3.8) is 0 Å². The zero-order valence-corrected chi connectivity index (χ0v) is 18.9. The lowest BCUT2D eigenvalue weighted by molar-refractivity contribution is -0.144. The molecule has 11 nitrogen and oxygen atoms in total. The molecule has 0 aromatic heterocycles. The van der Waals surface area contributed by atoms with Crippen molar-refractivity contribution in [1.29, 1.82) is 0 Å². The van der Waals surface area contributed by atoms with Gasteiger partial charge in [0.15, 0.2) is 0 Å². The number of hydrogen-bond donors (Lipinski definition) is 5. The van der Waals surface area contributed by atoms with Crippen LogP contribution in [0, 0.1) is 5.92 Å². The molecule has 0 bridgehead atoms. The van der Waals surface area contributed by atoms with Gasteiger partial charge >= 0.3 is 5.97 Å². The zero-order valence-electron chi connectivity index (χ0n) is 18.1. The molecule has 31 heavy (non-hydrogen) atoms. The first-order valence-corrected chi connectivity index (χ1v) is 11.6. The van der Waals surface area contributed by atoms with Gasteiger partial charge < -0.3 is 32.1 Å². The Morgan fingerprint density at radius 1 is 1.19 bits per heavy atom. The van der Waals surface area contributed by atoms with E-state index in [0.29, 0.717) is 31.6 Å². The van der Waals surface area contributed by atoms with E-state index in [1.165, 1.54) is 16.7 Å². The van der Waals surface area contributed by atoms with Gasteiger partial charge in [-0.25, -0.2) is 4.79 Å². The summed E-state index contributed by atoms with van der Waals surface area (Å²) in [7, 11) is 0. The number of thioether (sulfide) groups is 1. The van der Waals surface area contributed by atoms with E-state index in [9.17, 15) is 29.1 Å². The van der Waals surface area contributed by atoms with Gasteiger partial charge in [-0.05, 0) is 37.2 Å². The molecule has 4 atom stereocenters. The van der Waals surface area contributed by atoms with E-state index >= 15 is 0 Å². The van der Waals surface area contributed by atoms with E-state index < -0.39 is 53.8 Å². The molecule has 7 N–H and O–H groups in total. The zero-order chi connectivity index (χ0) is 23.7. The molecule has 1 fully saturated rings. The molecule has 4 unspecified atom stereocenters. The number of carboxylic acids is 1. The number of carboxylic acid groups (broad SMARTS) is 1. The Bertz CT molecular complexity index is 689. The Labute approximate surface area is 186 Å². The third-order valence-corrected chi connectivity index (χ3v) is 5.69. The normalized spacial score (nSPS) is 18.9. The minimum absolute atomic E-state index is 0.297. The average Bonchev–Trinajstić information content (AvgIpc) is 3.17. The molecular weight excluding hydrogens is 426 g/mol. The molecule has 4 amide bonds. The molecule has 0 saturated carbocycles. The van der Waals surface area contributed by atoms with Crippen molar-refractivity contribution in [3.8, 4) is 0 Å². The molecule has 1 rings (SSSR count). The largest absolute Gasteiger partial charge is 0.480 e. The van der Waals surface area contributed by atoms with E-state index in [1.807, 2.05) is 6.26 Å². The van der Waals surface area contributed by atoms with Crippen molar-refractivity contribution in [2.45, 2.75) is 63.7 Å². The number of nitrogens with zero attached hydrogens (tertiary/aromatic N) is 1. The summed E-state index contributed by atoms with van der Waals surface area (Å²) in [6, 6.07) is -3.99. The Morgan fingerprint density at radius 2 is 1.84 bits per heavy atom. The molecule has 1 aliphatic heterocycles. The number of nitrogens with two attached hydrogens (primary N) is 2. The molecule has 0 radical (unpaired) electrons. The van der Waals surface area contributed by atoms with Crippen LogP contribution in [0.1, 0.15) is 39.5 Å². The number of nitrogens with one attached hydrogen (secondary N) is 2. The predicted molar refractivity (Wildman–Crippen MR) is 116 cm³/mol. The van der Waals surface area contributed by atoms with Gasteiger partial charge in [0.2, 0.25) is 23.6 Å². The van der Waals surface area contributed by atoms with Crippen LogP contribution in [0.25, 0.3) is 0 Å². The van der Waals surface area contributed by atoms with Crippen LogP contribution < -0.4 is 22.1 Å². The van der Waals surface area contributed by atoms with Crippen LogP contribution in [0.5, 0.6) is 0 Å². The lowest BCUT2D eigenvalue weighted by atomic mass is 10.0. The molecule has 1 heterocycles. The molecular formula is C19H33N5O6S. The van der Waals surface area contributed by atoms with Crippen LogP contribution >= 0.6 is 11.8 Å². The SMILES string of the molecule is CSCCC(NC(=O)C1CCCN1C(=O)C(N)CC(N)=O)C(=O)NC(C(=O)O)C(C)C. The van der Waals surface area contributed by atoms with E-state index in [2.05, 4.69) is 10.6 Å². The number of aliphatic carboxylic acids is 1. The fraction of sp³-hybridized carbons (Fsp3) is 0.737. The Balaban J connectivity index is 2.90. The molecule has 12 heteroatoms. The number of carbonyl (C=O) groups is 5. The molecule has 0 spiro atoms. The fourth-order valence-corrected chi connectivity index (χ4v) is 3.83. The maximum absolute atomic E-state index is 12.9. The van der Waals surface area contributed by atoms with E-state index in [0.717, 1.165) is 0 Å². The Kier molecular flexibility index (Phi) is 10.8. The average molecular weight is 460 g/mol. The number of amides is 4. The Morgan fingerprint density at radius 3 is 2.35 bits per heavy atom. The highest BCUT2D eigenvalue weighted by Crippen LogP contribution is 2.19. The van der Waals surface area contributed by atoms with Crippen molar-refractivity contribution < 1.29 is 29.1 Å². The standard InChI is InChI=1S/C19H33N5O6S/c1-10(2)15(19(29)30)23-16(26)12(6-8-31-3)22-17(27)13-5-4-7-24(13)18(28)11(20)9-14(21)25/h10-13,15H,4-9,20H2,1-3H3,(H2,21,25)(H,22,27)(H,23,26)(H,29,30). The maximum atomic E-state index is 12.9. The van der Waals surface area contributed by atoms with Gasteiger partial charge in [-0.15, -0.1) is 0 Å². The van der Waals surface area contributed by atoms with Crippen molar-refractivity contribution in [2.24, 2.45) is 17.4 Å². The minimum atomic E-state index is -1.16. The van der Waals surface area contributed by atoms with Crippen LogP contribution in [0.2, 0.25) is 0 Å². The molecule has 176 valence electrons. The monoisotopic (exact) mass is 459 g/mol. The first-order chi connectivity index (χ1) is 14.5. The van der Waals surface area contributed by atoms with Gasteiger partial charge in [0, 0.05) is 6.54 Å². The van der Waals surface area contributed by atoms with Crippen molar-refractivity contribution in [1.82, 2.24) is 15.5 Å². The number of hydrogen-bond acceptors (Lipinski definition) is 7. The highest BCUT2D eigenvalue weighted by molar-refractivity contribution is 7.98. The molecule has 1 saturated heterocycles. The van der Waals surface area contributed by atoms with E-state index in [1.54, 1.807) is 13.8 Å². The summed E-state index contributed by atoms with van der Waals surface area (Å²) in [6.07, 6.45) is 2.78. The quantitative estimate of drug-likeness (QED) is 0.237. The molecule has 0 aromatic rings. The summed E-state index contributed by atoms with van der Waals surface area (Å²) in [5, 5.41) is 14.5. The fourth-order valence-electron chi connectivity index (χ4n) is 3.36. The first kappa shape index (κ1) is 26.7. The van der Waals surface area contributed by atoms with Gasteiger partial charge in [-0.2, -0.15) is 11.8 Å². The van der Waals surface area contributed by atoms with E-state index in [-0.39, 0.29) is 12.3 Å². The highest BCUT2D eigenvalue weighted by atomic mass is 32.2. The topological polar surface area (TPSA) is 185 Å². The minimum Gasteiger partial charge on any atom is -0.480 e.